The van der Waals surface area contributed by atoms with Crippen molar-refractivity contribution in [3.05, 3.63) is 77.6 Å². The minimum absolute atomic E-state index is 0.244. The number of aromatic nitrogens is 3. The summed E-state index contributed by atoms with van der Waals surface area (Å²) in [5, 5.41) is 14.7. The van der Waals surface area contributed by atoms with Crippen molar-refractivity contribution in [2.75, 3.05) is 13.7 Å². The monoisotopic (exact) mass is 410 g/mol. The zero-order valence-corrected chi connectivity index (χ0v) is 17.3. The lowest BCUT2D eigenvalue weighted by Gasteiger charge is -2.14. The van der Waals surface area contributed by atoms with E-state index in [9.17, 15) is 4.39 Å². The summed E-state index contributed by atoms with van der Waals surface area (Å²) in [6, 6.07) is 14.2. The van der Waals surface area contributed by atoms with Crippen molar-refractivity contribution in [3.63, 3.8) is 0 Å². The van der Waals surface area contributed by atoms with E-state index in [1.807, 2.05) is 28.8 Å². The smallest absolute Gasteiger partial charge is 0.191 e. The number of ether oxygens (including phenoxy) is 1. The van der Waals surface area contributed by atoms with Crippen LogP contribution in [-0.2, 0) is 26.1 Å². The molecular weight excluding hydrogens is 383 g/mol. The first-order chi connectivity index (χ1) is 14.7. The molecule has 30 heavy (non-hydrogen) atoms. The van der Waals surface area contributed by atoms with Crippen LogP contribution in [0.4, 0.5) is 4.39 Å². The third-order valence-electron chi connectivity index (χ3n) is 4.61. The van der Waals surface area contributed by atoms with Crippen molar-refractivity contribution in [1.82, 2.24) is 25.4 Å². The number of aliphatic imine (C=N–C) groups is 1. The van der Waals surface area contributed by atoms with E-state index in [-0.39, 0.29) is 5.82 Å². The molecule has 1 aromatic heterocycles. The predicted octanol–water partition coefficient (Wildman–Crippen LogP) is 2.92. The first kappa shape index (κ1) is 21.3. The molecule has 0 aliphatic heterocycles. The van der Waals surface area contributed by atoms with Crippen molar-refractivity contribution >= 4 is 5.96 Å². The topological polar surface area (TPSA) is 76.4 Å². The molecule has 0 fully saturated rings. The van der Waals surface area contributed by atoms with Crippen LogP contribution in [0.2, 0.25) is 0 Å². The summed E-state index contributed by atoms with van der Waals surface area (Å²) < 4.78 is 20.4. The van der Waals surface area contributed by atoms with E-state index in [0.29, 0.717) is 25.6 Å². The number of hydrogen-bond acceptors (Lipinski definition) is 4. The average molecular weight is 410 g/mol. The van der Waals surface area contributed by atoms with E-state index in [1.165, 1.54) is 12.1 Å². The molecule has 158 valence electrons. The van der Waals surface area contributed by atoms with Gasteiger partial charge in [0.25, 0.3) is 0 Å². The second kappa shape index (κ2) is 10.9. The maximum absolute atomic E-state index is 13.1. The highest BCUT2D eigenvalue weighted by molar-refractivity contribution is 5.79. The van der Waals surface area contributed by atoms with Crippen LogP contribution in [0.15, 0.2) is 59.9 Å². The first-order valence-electron chi connectivity index (χ1n) is 9.94. The number of hydrogen-bond donors (Lipinski definition) is 2. The zero-order chi connectivity index (χ0) is 21.2. The Balaban J connectivity index is 1.62. The van der Waals surface area contributed by atoms with Crippen molar-refractivity contribution in [1.29, 1.82) is 0 Å². The molecule has 0 radical (unpaired) electrons. The van der Waals surface area contributed by atoms with E-state index < -0.39 is 0 Å². The highest BCUT2D eigenvalue weighted by Gasteiger charge is 2.04. The maximum Gasteiger partial charge on any atom is 0.191 e. The Hall–Kier alpha value is -3.42. The fourth-order valence-electron chi connectivity index (χ4n) is 2.90. The van der Waals surface area contributed by atoms with Crippen LogP contribution >= 0.6 is 0 Å². The number of guanidine groups is 1. The van der Waals surface area contributed by atoms with E-state index in [0.717, 1.165) is 35.7 Å². The Bertz CT molecular complexity index is 937. The average Bonchev–Trinajstić information content (AvgIpc) is 3.24. The van der Waals surface area contributed by atoms with Gasteiger partial charge in [0.05, 0.1) is 13.7 Å². The molecule has 0 atom stereocenters. The molecule has 0 bridgehead atoms. The van der Waals surface area contributed by atoms with Crippen molar-refractivity contribution < 1.29 is 9.13 Å². The van der Waals surface area contributed by atoms with Gasteiger partial charge in [-0.3, -0.25) is 0 Å². The highest BCUT2D eigenvalue weighted by Crippen LogP contribution is 2.12. The number of nitrogens with zero attached hydrogens (tertiary/aromatic N) is 4. The molecule has 3 rings (SSSR count). The third kappa shape index (κ3) is 6.30. The SMILES string of the molecule is CCc1nncn1CCNC(=NCc1ccc(OC)cc1)NCc1ccc(F)cc1. The van der Waals surface area contributed by atoms with Gasteiger partial charge in [0.2, 0.25) is 0 Å². The van der Waals surface area contributed by atoms with E-state index in [2.05, 4.69) is 32.7 Å². The summed E-state index contributed by atoms with van der Waals surface area (Å²) >= 11 is 0. The van der Waals surface area contributed by atoms with Gasteiger partial charge in [-0.25, -0.2) is 9.38 Å². The molecule has 0 unspecified atom stereocenters. The van der Waals surface area contributed by atoms with Crippen LogP contribution < -0.4 is 15.4 Å². The van der Waals surface area contributed by atoms with Gasteiger partial charge >= 0.3 is 0 Å². The number of aryl methyl sites for hydroxylation is 1. The normalized spacial score (nSPS) is 11.4. The summed E-state index contributed by atoms with van der Waals surface area (Å²) in [4.78, 5) is 4.68. The van der Waals surface area contributed by atoms with Crippen molar-refractivity contribution in [2.45, 2.75) is 33.0 Å². The molecule has 0 aliphatic carbocycles. The molecule has 2 N–H and O–H groups in total. The minimum atomic E-state index is -0.244. The summed E-state index contributed by atoms with van der Waals surface area (Å²) in [6.07, 6.45) is 2.57. The summed E-state index contributed by atoms with van der Waals surface area (Å²) in [7, 11) is 1.65. The van der Waals surface area contributed by atoms with Gasteiger partial charge in [0.1, 0.15) is 23.7 Å². The Morgan fingerprint density at radius 2 is 1.80 bits per heavy atom. The van der Waals surface area contributed by atoms with Gasteiger partial charge in [-0.15, -0.1) is 10.2 Å². The van der Waals surface area contributed by atoms with E-state index in [1.54, 1.807) is 25.6 Å². The van der Waals surface area contributed by atoms with Crippen LogP contribution in [0, 0.1) is 5.82 Å². The second-order valence-electron chi connectivity index (χ2n) is 6.71. The summed E-state index contributed by atoms with van der Waals surface area (Å²) in [5.74, 6) is 2.20. The molecule has 0 saturated heterocycles. The second-order valence-corrected chi connectivity index (χ2v) is 6.71. The maximum atomic E-state index is 13.1. The van der Waals surface area contributed by atoms with Gasteiger partial charge in [-0.05, 0) is 35.4 Å². The Morgan fingerprint density at radius 3 is 2.50 bits per heavy atom. The van der Waals surface area contributed by atoms with E-state index in [4.69, 9.17) is 4.74 Å². The molecule has 7 nitrogen and oxygen atoms in total. The predicted molar refractivity (Wildman–Crippen MR) is 115 cm³/mol. The van der Waals surface area contributed by atoms with Gasteiger partial charge in [-0.1, -0.05) is 31.2 Å². The molecule has 0 saturated carbocycles. The lowest BCUT2D eigenvalue weighted by Crippen LogP contribution is -2.38. The zero-order valence-electron chi connectivity index (χ0n) is 17.3. The fourth-order valence-corrected chi connectivity index (χ4v) is 2.90. The van der Waals surface area contributed by atoms with Crippen LogP contribution in [0.25, 0.3) is 0 Å². The molecule has 0 spiro atoms. The number of halogens is 1. The quantitative estimate of drug-likeness (QED) is 0.419. The Labute approximate surface area is 176 Å². The molecular formula is C22H27FN6O. The van der Waals surface area contributed by atoms with Gasteiger partial charge in [0.15, 0.2) is 5.96 Å². The fraction of sp³-hybridized carbons (Fsp3) is 0.318. The molecule has 2 aromatic carbocycles. The number of rotatable bonds is 9. The summed E-state index contributed by atoms with van der Waals surface area (Å²) in [6.45, 7) is 4.52. The first-order valence-corrected chi connectivity index (χ1v) is 9.94. The number of nitrogens with one attached hydrogen (secondary N) is 2. The number of benzene rings is 2. The third-order valence-corrected chi connectivity index (χ3v) is 4.61. The molecule has 0 aliphatic rings. The lowest BCUT2D eigenvalue weighted by atomic mass is 10.2. The lowest BCUT2D eigenvalue weighted by molar-refractivity contribution is 0.414. The molecule has 3 aromatic rings. The minimum Gasteiger partial charge on any atom is -0.497 e. The van der Waals surface area contributed by atoms with Crippen LogP contribution in [0.3, 0.4) is 0 Å². The van der Waals surface area contributed by atoms with E-state index >= 15 is 0 Å². The molecule has 8 heteroatoms. The van der Waals surface area contributed by atoms with Crippen LogP contribution in [0.5, 0.6) is 5.75 Å². The van der Waals surface area contributed by atoms with Gasteiger partial charge < -0.3 is 19.9 Å². The highest BCUT2D eigenvalue weighted by atomic mass is 19.1. The molecule has 1 heterocycles. The standard InChI is InChI=1S/C22H27FN6O/c1-3-21-28-27-16-29(21)13-12-24-22(25-14-17-4-8-19(23)9-5-17)26-15-18-6-10-20(30-2)11-7-18/h4-11,16H,3,12-15H2,1-2H3,(H2,24,25,26). The van der Waals surface area contributed by atoms with Gasteiger partial charge in [0, 0.05) is 26.1 Å². The van der Waals surface area contributed by atoms with Gasteiger partial charge in [-0.2, -0.15) is 0 Å². The largest absolute Gasteiger partial charge is 0.497 e. The molecule has 0 amide bonds. The van der Waals surface area contributed by atoms with Crippen molar-refractivity contribution in [2.24, 2.45) is 4.99 Å². The van der Waals surface area contributed by atoms with Crippen LogP contribution in [-0.4, -0.2) is 34.4 Å². The van der Waals surface area contributed by atoms with Crippen molar-refractivity contribution in [3.8, 4) is 5.75 Å². The summed E-state index contributed by atoms with van der Waals surface area (Å²) in [5.41, 5.74) is 2.05. The Morgan fingerprint density at radius 1 is 1.07 bits per heavy atom. The Kier molecular flexibility index (Phi) is 7.77. The number of methoxy groups -OCH3 is 1. The van der Waals surface area contributed by atoms with Crippen LogP contribution in [0.1, 0.15) is 23.9 Å².